The molecule has 0 aromatic heterocycles. The van der Waals surface area contributed by atoms with Gasteiger partial charge < -0.3 is 15.7 Å². The molecular weight excluding hydrogens is 330 g/mol. The molecular formula is C16H19N3O4S. The summed E-state index contributed by atoms with van der Waals surface area (Å²) in [7, 11) is -3.59. The van der Waals surface area contributed by atoms with Gasteiger partial charge in [0.05, 0.1) is 4.90 Å². The molecule has 0 heterocycles. The van der Waals surface area contributed by atoms with E-state index in [0.29, 0.717) is 5.69 Å². The van der Waals surface area contributed by atoms with Gasteiger partial charge in [0.1, 0.15) is 5.75 Å². The van der Waals surface area contributed by atoms with Crippen LogP contribution in [-0.2, 0) is 10.0 Å². The van der Waals surface area contributed by atoms with Gasteiger partial charge in [-0.25, -0.2) is 17.9 Å². The fourth-order valence-corrected chi connectivity index (χ4v) is 2.95. The Hall–Kier alpha value is -2.58. The summed E-state index contributed by atoms with van der Waals surface area (Å²) in [5.74, 6) is 0.0404. The van der Waals surface area contributed by atoms with Gasteiger partial charge in [-0.15, -0.1) is 0 Å². The molecule has 0 saturated heterocycles. The highest BCUT2D eigenvalue weighted by atomic mass is 32.2. The molecule has 0 atom stereocenters. The van der Waals surface area contributed by atoms with Crippen LogP contribution in [-0.4, -0.2) is 32.6 Å². The van der Waals surface area contributed by atoms with Crippen LogP contribution in [0.15, 0.2) is 53.4 Å². The third-order valence-corrected chi connectivity index (χ3v) is 4.61. The number of phenols is 1. The van der Waals surface area contributed by atoms with E-state index in [9.17, 15) is 18.3 Å². The molecule has 0 radical (unpaired) electrons. The van der Waals surface area contributed by atoms with Crippen LogP contribution in [0.3, 0.4) is 0 Å². The Morgan fingerprint density at radius 2 is 1.79 bits per heavy atom. The predicted molar refractivity (Wildman–Crippen MR) is 91.5 cm³/mol. The highest BCUT2D eigenvalue weighted by molar-refractivity contribution is 7.89. The molecule has 0 unspecified atom stereocenters. The van der Waals surface area contributed by atoms with Gasteiger partial charge in [0.25, 0.3) is 0 Å². The number of urea groups is 1. The van der Waals surface area contributed by atoms with Crippen molar-refractivity contribution in [2.75, 3.05) is 18.4 Å². The van der Waals surface area contributed by atoms with Gasteiger partial charge in [-0.3, -0.25) is 0 Å². The normalized spacial score (nSPS) is 11.0. The number of nitrogens with one attached hydrogen (secondary N) is 3. The predicted octanol–water partition coefficient (Wildman–Crippen LogP) is 1.80. The summed E-state index contributed by atoms with van der Waals surface area (Å²) in [5, 5.41) is 14.4. The number of phenolic OH excluding ortho intramolecular Hbond substituents is 1. The van der Waals surface area contributed by atoms with Crippen molar-refractivity contribution in [2.24, 2.45) is 0 Å². The summed E-state index contributed by atoms with van der Waals surface area (Å²) in [6.07, 6.45) is 0. The summed E-state index contributed by atoms with van der Waals surface area (Å²) >= 11 is 0. The van der Waals surface area contributed by atoms with Gasteiger partial charge in [-0.1, -0.05) is 23.8 Å². The summed E-state index contributed by atoms with van der Waals surface area (Å²) in [5.41, 5.74) is 1.41. The molecule has 7 nitrogen and oxygen atoms in total. The molecule has 24 heavy (non-hydrogen) atoms. The van der Waals surface area contributed by atoms with E-state index in [1.807, 2.05) is 6.92 Å². The van der Waals surface area contributed by atoms with E-state index < -0.39 is 16.1 Å². The smallest absolute Gasteiger partial charge is 0.319 e. The van der Waals surface area contributed by atoms with Crippen molar-refractivity contribution < 1.29 is 18.3 Å². The third kappa shape index (κ3) is 5.25. The van der Waals surface area contributed by atoms with E-state index >= 15 is 0 Å². The zero-order valence-electron chi connectivity index (χ0n) is 13.1. The van der Waals surface area contributed by atoms with Crippen molar-refractivity contribution in [3.05, 3.63) is 54.1 Å². The molecule has 0 fully saturated rings. The van der Waals surface area contributed by atoms with Crippen molar-refractivity contribution in [1.29, 1.82) is 0 Å². The lowest BCUT2D eigenvalue weighted by atomic mass is 10.2. The molecule has 2 aromatic rings. The highest BCUT2D eigenvalue weighted by Crippen LogP contribution is 2.14. The number of amides is 2. The second-order valence-corrected chi connectivity index (χ2v) is 6.91. The van der Waals surface area contributed by atoms with Crippen LogP contribution < -0.4 is 15.4 Å². The van der Waals surface area contributed by atoms with Crippen LogP contribution in [0.2, 0.25) is 0 Å². The molecule has 2 aromatic carbocycles. The van der Waals surface area contributed by atoms with Gasteiger partial charge in [0.2, 0.25) is 10.0 Å². The second kappa shape index (κ2) is 7.80. The molecule has 128 valence electrons. The first-order valence-electron chi connectivity index (χ1n) is 7.27. The first-order valence-corrected chi connectivity index (χ1v) is 8.75. The molecule has 0 spiro atoms. The lowest BCUT2D eigenvalue weighted by Crippen LogP contribution is -2.36. The third-order valence-electron chi connectivity index (χ3n) is 3.14. The Bertz CT molecular complexity index is 804. The number of carbonyl (C=O) groups excluding carboxylic acids is 1. The fourth-order valence-electron chi connectivity index (χ4n) is 1.92. The van der Waals surface area contributed by atoms with E-state index in [2.05, 4.69) is 15.4 Å². The number of carbonyl (C=O) groups is 1. The molecule has 2 amide bonds. The number of hydrogen-bond donors (Lipinski definition) is 4. The van der Waals surface area contributed by atoms with Gasteiger partial charge in [0, 0.05) is 24.8 Å². The minimum absolute atomic E-state index is 0.0404. The van der Waals surface area contributed by atoms with E-state index in [1.54, 1.807) is 24.3 Å². The average molecular weight is 349 g/mol. The van der Waals surface area contributed by atoms with Crippen LogP contribution in [0.5, 0.6) is 5.75 Å². The molecule has 8 heteroatoms. The van der Waals surface area contributed by atoms with Crippen LogP contribution in [0.4, 0.5) is 10.5 Å². The van der Waals surface area contributed by atoms with Gasteiger partial charge in [-0.2, -0.15) is 0 Å². The Balaban J connectivity index is 1.77. The van der Waals surface area contributed by atoms with E-state index in [1.165, 1.54) is 24.3 Å². The molecule has 0 aliphatic rings. The Labute approximate surface area is 140 Å². The summed E-state index contributed by atoms with van der Waals surface area (Å²) < 4.78 is 26.5. The minimum atomic E-state index is -3.59. The van der Waals surface area contributed by atoms with Crippen molar-refractivity contribution in [1.82, 2.24) is 10.0 Å². The van der Waals surface area contributed by atoms with Gasteiger partial charge >= 0.3 is 6.03 Å². The van der Waals surface area contributed by atoms with Crippen molar-refractivity contribution in [3.8, 4) is 5.75 Å². The van der Waals surface area contributed by atoms with Crippen LogP contribution in [0.1, 0.15) is 5.56 Å². The van der Waals surface area contributed by atoms with Crippen LogP contribution in [0, 0.1) is 6.92 Å². The topological polar surface area (TPSA) is 108 Å². The highest BCUT2D eigenvalue weighted by Gasteiger charge is 2.12. The minimum Gasteiger partial charge on any atom is -0.508 e. The lowest BCUT2D eigenvalue weighted by molar-refractivity contribution is 0.252. The molecule has 0 saturated carbocycles. The molecule has 0 aliphatic carbocycles. The number of rotatable bonds is 6. The maximum absolute atomic E-state index is 12.0. The van der Waals surface area contributed by atoms with E-state index in [4.69, 9.17) is 0 Å². The number of anilines is 1. The molecule has 2 rings (SSSR count). The first kappa shape index (κ1) is 17.8. The van der Waals surface area contributed by atoms with E-state index in [0.717, 1.165) is 5.56 Å². The fraction of sp³-hybridized carbons (Fsp3) is 0.188. The Morgan fingerprint density at radius 3 is 2.46 bits per heavy atom. The second-order valence-electron chi connectivity index (χ2n) is 5.14. The van der Waals surface area contributed by atoms with Crippen LogP contribution >= 0.6 is 0 Å². The largest absolute Gasteiger partial charge is 0.508 e. The SMILES string of the molecule is Cc1ccc(S(=O)(=O)NCCNC(=O)Nc2cccc(O)c2)cc1. The number of aryl methyl sites for hydroxylation is 1. The summed E-state index contributed by atoms with van der Waals surface area (Å²) in [6.45, 7) is 2.05. The first-order chi connectivity index (χ1) is 11.4. The van der Waals surface area contributed by atoms with Gasteiger partial charge in [-0.05, 0) is 31.2 Å². The standard InChI is InChI=1S/C16H19N3O4S/c1-12-5-7-15(8-6-12)24(22,23)18-10-9-17-16(21)19-13-3-2-4-14(20)11-13/h2-8,11,18,20H,9-10H2,1H3,(H2,17,19,21). The molecule has 0 aliphatic heterocycles. The van der Waals surface area contributed by atoms with E-state index in [-0.39, 0.29) is 23.7 Å². The zero-order valence-corrected chi connectivity index (χ0v) is 13.9. The van der Waals surface area contributed by atoms with Gasteiger partial charge in [0.15, 0.2) is 0 Å². The molecule has 4 N–H and O–H groups in total. The number of aromatic hydroxyl groups is 1. The average Bonchev–Trinajstić information content (AvgIpc) is 2.52. The van der Waals surface area contributed by atoms with Crippen LogP contribution in [0.25, 0.3) is 0 Å². The Morgan fingerprint density at radius 1 is 1.08 bits per heavy atom. The van der Waals surface area contributed by atoms with Crippen molar-refractivity contribution in [2.45, 2.75) is 11.8 Å². The van der Waals surface area contributed by atoms with Crippen molar-refractivity contribution in [3.63, 3.8) is 0 Å². The summed E-state index contributed by atoms with van der Waals surface area (Å²) in [6, 6.07) is 12.1. The molecule has 0 bridgehead atoms. The zero-order chi connectivity index (χ0) is 17.6. The maximum Gasteiger partial charge on any atom is 0.319 e. The maximum atomic E-state index is 12.0. The monoisotopic (exact) mass is 349 g/mol. The number of benzene rings is 2. The number of hydrogen-bond acceptors (Lipinski definition) is 4. The lowest BCUT2D eigenvalue weighted by Gasteiger charge is -2.09. The Kier molecular flexibility index (Phi) is 5.78. The summed E-state index contributed by atoms with van der Waals surface area (Å²) in [4.78, 5) is 11.9. The number of sulfonamides is 1. The van der Waals surface area contributed by atoms with Crippen molar-refractivity contribution >= 4 is 21.7 Å². The quantitative estimate of drug-likeness (QED) is 0.596.